The third kappa shape index (κ3) is 1.92. The predicted octanol–water partition coefficient (Wildman–Crippen LogP) is 2.94. The van der Waals surface area contributed by atoms with E-state index in [1.165, 1.54) is 0 Å². The van der Waals surface area contributed by atoms with Crippen molar-refractivity contribution in [1.29, 1.82) is 0 Å². The predicted molar refractivity (Wildman–Crippen MR) is 67.0 cm³/mol. The van der Waals surface area contributed by atoms with Crippen molar-refractivity contribution in [2.24, 2.45) is 0 Å². The van der Waals surface area contributed by atoms with E-state index < -0.39 is 0 Å². The lowest BCUT2D eigenvalue weighted by atomic mass is 10.3. The Balaban J connectivity index is 1.91. The summed E-state index contributed by atoms with van der Waals surface area (Å²) in [5.74, 6) is 1.46. The van der Waals surface area contributed by atoms with Gasteiger partial charge in [-0.05, 0) is 36.4 Å². The number of H-pyrrole nitrogens is 1. The Bertz CT molecular complexity index is 643. The summed E-state index contributed by atoms with van der Waals surface area (Å²) >= 11 is 0. The molecule has 4 heteroatoms. The largest absolute Gasteiger partial charge is 0.456 e. The molecule has 0 aliphatic carbocycles. The average molecular weight is 225 g/mol. The van der Waals surface area contributed by atoms with Gasteiger partial charge in [-0.3, -0.25) is 0 Å². The third-order valence-electron chi connectivity index (χ3n) is 2.49. The number of nitrogens with zero attached hydrogens (tertiary/aromatic N) is 1. The maximum absolute atomic E-state index is 5.68. The first kappa shape index (κ1) is 9.72. The zero-order chi connectivity index (χ0) is 11.7. The van der Waals surface area contributed by atoms with Crippen LogP contribution in [0, 0.1) is 0 Å². The number of anilines is 1. The lowest BCUT2D eigenvalue weighted by Crippen LogP contribution is -1.87. The topological polar surface area (TPSA) is 63.9 Å². The molecule has 0 bridgehead atoms. The van der Waals surface area contributed by atoms with Gasteiger partial charge in [0.2, 0.25) is 0 Å². The molecule has 0 aliphatic rings. The van der Waals surface area contributed by atoms with Crippen LogP contribution in [0.4, 0.5) is 5.69 Å². The van der Waals surface area contributed by atoms with Crippen molar-refractivity contribution in [1.82, 2.24) is 9.97 Å². The highest BCUT2D eigenvalue weighted by molar-refractivity contribution is 5.76. The van der Waals surface area contributed by atoms with Gasteiger partial charge < -0.3 is 15.5 Å². The van der Waals surface area contributed by atoms with Crippen LogP contribution in [0.15, 0.2) is 48.8 Å². The van der Waals surface area contributed by atoms with Crippen molar-refractivity contribution in [2.75, 3.05) is 5.73 Å². The maximum atomic E-state index is 5.68. The number of nitrogen functional groups attached to an aromatic ring is 1. The zero-order valence-corrected chi connectivity index (χ0v) is 9.05. The fourth-order valence-electron chi connectivity index (χ4n) is 1.65. The Morgan fingerprint density at radius 2 is 1.88 bits per heavy atom. The SMILES string of the molecule is Nc1ccc(Oc2cnc3[nH]ccc3c2)cc1. The number of nitrogens with two attached hydrogens (primary N) is 1. The summed E-state index contributed by atoms with van der Waals surface area (Å²) < 4.78 is 5.68. The number of aromatic amines is 1. The molecule has 17 heavy (non-hydrogen) atoms. The van der Waals surface area contributed by atoms with E-state index in [9.17, 15) is 0 Å². The second-order valence-corrected chi connectivity index (χ2v) is 3.76. The Kier molecular flexibility index (Phi) is 2.19. The van der Waals surface area contributed by atoms with Gasteiger partial charge >= 0.3 is 0 Å². The molecule has 84 valence electrons. The van der Waals surface area contributed by atoms with Crippen molar-refractivity contribution in [2.45, 2.75) is 0 Å². The van der Waals surface area contributed by atoms with Gasteiger partial charge in [-0.1, -0.05) is 0 Å². The van der Waals surface area contributed by atoms with E-state index in [0.717, 1.165) is 22.5 Å². The molecule has 0 radical (unpaired) electrons. The molecule has 0 amide bonds. The molecule has 3 aromatic rings. The number of hydrogen-bond acceptors (Lipinski definition) is 3. The van der Waals surface area contributed by atoms with Gasteiger partial charge in [0.1, 0.15) is 17.1 Å². The smallest absolute Gasteiger partial charge is 0.146 e. The van der Waals surface area contributed by atoms with Crippen molar-refractivity contribution in [3.63, 3.8) is 0 Å². The molecular formula is C13H11N3O. The molecule has 1 aromatic carbocycles. The quantitative estimate of drug-likeness (QED) is 0.659. The van der Waals surface area contributed by atoms with Crippen molar-refractivity contribution in [3.8, 4) is 11.5 Å². The molecular weight excluding hydrogens is 214 g/mol. The van der Waals surface area contributed by atoms with E-state index in [1.807, 2.05) is 30.5 Å². The summed E-state index contributed by atoms with van der Waals surface area (Å²) in [5.41, 5.74) is 7.18. The van der Waals surface area contributed by atoms with Crippen LogP contribution in [0.5, 0.6) is 11.5 Å². The van der Waals surface area contributed by atoms with E-state index in [-0.39, 0.29) is 0 Å². The monoisotopic (exact) mass is 225 g/mol. The van der Waals surface area contributed by atoms with Crippen LogP contribution >= 0.6 is 0 Å². The summed E-state index contributed by atoms with van der Waals surface area (Å²) in [7, 11) is 0. The fourth-order valence-corrected chi connectivity index (χ4v) is 1.65. The summed E-state index contributed by atoms with van der Waals surface area (Å²) in [6, 6.07) is 11.2. The van der Waals surface area contributed by atoms with Gasteiger partial charge in [0, 0.05) is 17.3 Å². The van der Waals surface area contributed by atoms with Crippen molar-refractivity contribution >= 4 is 16.7 Å². The molecule has 0 spiro atoms. The molecule has 0 unspecified atom stereocenters. The molecule has 2 aromatic heterocycles. The summed E-state index contributed by atoms with van der Waals surface area (Å²) in [6.45, 7) is 0. The lowest BCUT2D eigenvalue weighted by molar-refractivity contribution is 0.481. The fraction of sp³-hybridized carbons (Fsp3) is 0. The molecule has 4 nitrogen and oxygen atoms in total. The molecule has 0 saturated heterocycles. The molecule has 3 N–H and O–H groups in total. The molecule has 0 fully saturated rings. The maximum Gasteiger partial charge on any atom is 0.146 e. The van der Waals surface area contributed by atoms with E-state index in [2.05, 4.69) is 9.97 Å². The molecule has 0 saturated carbocycles. The average Bonchev–Trinajstić information content (AvgIpc) is 2.79. The number of ether oxygens (including phenoxy) is 1. The number of nitrogens with one attached hydrogen (secondary N) is 1. The second kappa shape index (κ2) is 3.83. The van der Waals surface area contributed by atoms with Crippen LogP contribution < -0.4 is 10.5 Å². The highest BCUT2D eigenvalue weighted by Crippen LogP contribution is 2.24. The normalized spacial score (nSPS) is 10.6. The molecule has 0 atom stereocenters. The highest BCUT2D eigenvalue weighted by Gasteiger charge is 2.00. The molecule has 2 heterocycles. The molecule has 0 aliphatic heterocycles. The van der Waals surface area contributed by atoms with Crippen molar-refractivity contribution in [3.05, 3.63) is 48.8 Å². The second-order valence-electron chi connectivity index (χ2n) is 3.76. The van der Waals surface area contributed by atoms with Gasteiger partial charge in [-0.2, -0.15) is 0 Å². The van der Waals surface area contributed by atoms with Crippen LogP contribution in [0.25, 0.3) is 11.0 Å². The summed E-state index contributed by atoms with van der Waals surface area (Å²) in [4.78, 5) is 7.28. The van der Waals surface area contributed by atoms with Gasteiger partial charge in [-0.15, -0.1) is 0 Å². The van der Waals surface area contributed by atoms with Gasteiger partial charge in [0.05, 0.1) is 6.20 Å². The van der Waals surface area contributed by atoms with Crippen LogP contribution in [0.2, 0.25) is 0 Å². The Morgan fingerprint density at radius 3 is 2.71 bits per heavy atom. The lowest BCUT2D eigenvalue weighted by Gasteiger charge is -2.05. The highest BCUT2D eigenvalue weighted by atomic mass is 16.5. The number of benzene rings is 1. The van der Waals surface area contributed by atoms with Crippen LogP contribution in [-0.4, -0.2) is 9.97 Å². The van der Waals surface area contributed by atoms with Gasteiger partial charge in [0.15, 0.2) is 0 Å². The number of aromatic nitrogens is 2. The van der Waals surface area contributed by atoms with Gasteiger partial charge in [-0.25, -0.2) is 4.98 Å². The van der Waals surface area contributed by atoms with Crippen LogP contribution in [0.1, 0.15) is 0 Å². The van der Waals surface area contributed by atoms with Crippen molar-refractivity contribution < 1.29 is 4.74 Å². The molecule has 3 rings (SSSR count). The number of fused-ring (bicyclic) bond motifs is 1. The Labute approximate surface area is 98.1 Å². The Hall–Kier alpha value is -2.49. The first-order valence-electron chi connectivity index (χ1n) is 5.28. The summed E-state index contributed by atoms with van der Waals surface area (Å²) in [6.07, 6.45) is 3.54. The van der Waals surface area contributed by atoms with E-state index in [0.29, 0.717) is 5.75 Å². The van der Waals surface area contributed by atoms with E-state index >= 15 is 0 Å². The zero-order valence-electron chi connectivity index (χ0n) is 9.05. The van der Waals surface area contributed by atoms with Gasteiger partial charge in [0.25, 0.3) is 0 Å². The Morgan fingerprint density at radius 1 is 1.06 bits per heavy atom. The van der Waals surface area contributed by atoms with E-state index in [1.54, 1.807) is 18.3 Å². The number of hydrogen-bond donors (Lipinski definition) is 2. The first-order chi connectivity index (χ1) is 8.31. The third-order valence-corrected chi connectivity index (χ3v) is 2.49. The van der Waals surface area contributed by atoms with E-state index in [4.69, 9.17) is 10.5 Å². The number of rotatable bonds is 2. The minimum absolute atomic E-state index is 0.710. The number of pyridine rings is 1. The standard InChI is InChI=1S/C13H11N3O/c14-10-1-3-11(4-2-10)17-12-7-9-5-6-15-13(9)16-8-12/h1-8H,14H2,(H,15,16). The minimum Gasteiger partial charge on any atom is -0.456 e. The van der Waals surface area contributed by atoms with Crippen LogP contribution in [-0.2, 0) is 0 Å². The summed E-state index contributed by atoms with van der Waals surface area (Å²) in [5, 5.41) is 1.03. The first-order valence-corrected chi connectivity index (χ1v) is 5.28. The minimum atomic E-state index is 0.710. The van der Waals surface area contributed by atoms with Crippen LogP contribution in [0.3, 0.4) is 0 Å².